The van der Waals surface area contributed by atoms with Crippen LogP contribution in [0.5, 0.6) is 0 Å². The van der Waals surface area contributed by atoms with Crippen LogP contribution in [0.3, 0.4) is 0 Å². The topological polar surface area (TPSA) is 97.5 Å². The Balaban J connectivity index is 1.59. The summed E-state index contributed by atoms with van der Waals surface area (Å²) < 4.78 is 2.06. The van der Waals surface area contributed by atoms with Crippen molar-refractivity contribution >= 4 is 52.7 Å². The summed E-state index contributed by atoms with van der Waals surface area (Å²) in [5.41, 5.74) is 3.67. The summed E-state index contributed by atoms with van der Waals surface area (Å²) in [5, 5.41) is 13.5. The first-order valence-corrected chi connectivity index (χ1v) is 12.0. The molecule has 3 aromatic rings. The van der Waals surface area contributed by atoms with Crippen LogP contribution >= 0.6 is 24.0 Å². The van der Waals surface area contributed by atoms with Gasteiger partial charge < -0.3 is 4.57 Å². The first-order chi connectivity index (χ1) is 16.7. The van der Waals surface area contributed by atoms with Crippen LogP contribution in [0.15, 0.2) is 70.0 Å². The molecule has 0 bridgehead atoms. The molecule has 1 aliphatic heterocycles. The molecule has 0 unspecified atom stereocenters. The zero-order valence-corrected chi connectivity index (χ0v) is 20.9. The predicted molar refractivity (Wildman–Crippen MR) is 139 cm³/mol. The van der Waals surface area contributed by atoms with Gasteiger partial charge in [0.15, 0.2) is 5.11 Å². The molecule has 0 radical (unpaired) electrons. The lowest BCUT2D eigenvalue weighted by molar-refractivity contribution is -0.384. The number of aromatic nitrogens is 1. The Hall–Kier alpha value is -3.76. The van der Waals surface area contributed by atoms with Gasteiger partial charge in [-0.3, -0.25) is 29.9 Å². The molecule has 178 valence electrons. The highest BCUT2D eigenvalue weighted by atomic mass is 32.2. The van der Waals surface area contributed by atoms with E-state index in [0.29, 0.717) is 6.54 Å². The number of nitro benzene ring substituents is 1. The summed E-state index contributed by atoms with van der Waals surface area (Å²) in [7, 11) is 0. The molecule has 2 amide bonds. The molecule has 1 aromatic heterocycles. The van der Waals surface area contributed by atoms with Gasteiger partial charge in [0, 0.05) is 45.5 Å². The molecule has 1 fully saturated rings. The smallest absolute Gasteiger partial charge is 0.269 e. The van der Waals surface area contributed by atoms with Crippen LogP contribution in [0.25, 0.3) is 11.8 Å². The van der Waals surface area contributed by atoms with Gasteiger partial charge in [0.25, 0.3) is 17.5 Å². The first kappa shape index (κ1) is 24.4. The van der Waals surface area contributed by atoms with Crippen LogP contribution < -0.4 is 5.32 Å². The summed E-state index contributed by atoms with van der Waals surface area (Å²) in [6.07, 6.45) is 1.61. The van der Waals surface area contributed by atoms with E-state index in [1.165, 1.54) is 28.8 Å². The normalized spacial score (nSPS) is 15.0. The van der Waals surface area contributed by atoms with Gasteiger partial charge >= 0.3 is 0 Å². The Morgan fingerprint density at radius 2 is 1.66 bits per heavy atom. The maximum Gasteiger partial charge on any atom is 0.269 e. The third-order valence-electron chi connectivity index (χ3n) is 5.65. The molecular formula is C25H22N4O4S2. The van der Waals surface area contributed by atoms with Crippen LogP contribution in [0.2, 0.25) is 0 Å². The number of benzene rings is 2. The Morgan fingerprint density at radius 1 is 1.06 bits per heavy atom. The number of likely N-dealkylation sites (N-methyl/N-ethyl adjacent to an activating group) is 1. The van der Waals surface area contributed by atoms with Crippen molar-refractivity contribution in [3.63, 3.8) is 0 Å². The highest BCUT2D eigenvalue weighted by Crippen LogP contribution is 2.31. The predicted octanol–water partition coefficient (Wildman–Crippen LogP) is 4.80. The summed E-state index contributed by atoms with van der Waals surface area (Å²) in [6, 6.07) is 16.3. The maximum absolute atomic E-state index is 12.8. The number of nitro groups is 1. The fourth-order valence-electron chi connectivity index (χ4n) is 3.90. The number of amides is 2. The van der Waals surface area contributed by atoms with Crippen molar-refractivity contribution in [2.24, 2.45) is 0 Å². The van der Waals surface area contributed by atoms with Gasteiger partial charge in [-0.15, -0.1) is 0 Å². The number of non-ortho nitro benzene ring substituents is 1. The molecule has 10 heteroatoms. The lowest BCUT2D eigenvalue weighted by Gasteiger charge is -2.27. The Bertz CT molecular complexity index is 1380. The number of carbonyl (C=O) groups excluding carboxylic acids is 2. The lowest BCUT2D eigenvalue weighted by Crippen LogP contribution is -2.53. The summed E-state index contributed by atoms with van der Waals surface area (Å²) in [6.45, 7) is 6.07. The zero-order chi connectivity index (χ0) is 25.3. The Labute approximate surface area is 211 Å². The third kappa shape index (κ3) is 4.89. The molecule has 0 spiro atoms. The standard InChI is InChI=1S/C25H22N4O4S2/c1-4-27-24(31)22(23(30)26-25(27)34)14-17-13-15(2)28(16(17)3)18-5-9-20(10-6-18)35-21-11-7-19(8-12-21)29(32)33/h5-14H,4H2,1-3H3,(H,26,30,34)/b22-14+. The SMILES string of the molecule is CCN1C(=O)/C(=C/c2cc(C)n(-c3ccc(Sc4ccc([N+](=O)[O-])cc4)cc3)c2C)C(=O)NC1=S. The monoisotopic (exact) mass is 506 g/mol. The van der Waals surface area contributed by atoms with Crippen LogP contribution in [0.4, 0.5) is 5.69 Å². The van der Waals surface area contributed by atoms with Gasteiger partial charge in [-0.05, 0) is 87.1 Å². The highest BCUT2D eigenvalue weighted by molar-refractivity contribution is 7.99. The second-order valence-corrected chi connectivity index (χ2v) is 9.41. The zero-order valence-electron chi connectivity index (χ0n) is 19.3. The van der Waals surface area contributed by atoms with Crippen molar-refractivity contribution in [1.82, 2.24) is 14.8 Å². The lowest BCUT2D eigenvalue weighted by atomic mass is 10.1. The number of nitrogens with one attached hydrogen (secondary N) is 1. The average Bonchev–Trinajstić information content (AvgIpc) is 3.10. The van der Waals surface area contributed by atoms with Crippen LogP contribution in [-0.4, -0.2) is 37.9 Å². The van der Waals surface area contributed by atoms with E-state index < -0.39 is 16.7 Å². The van der Waals surface area contributed by atoms with Crippen molar-refractivity contribution in [1.29, 1.82) is 0 Å². The van der Waals surface area contributed by atoms with Gasteiger partial charge in [0.05, 0.1) is 4.92 Å². The van der Waals surface area contributed by atoms with Gasteiger partial charge in [0.1, 0.15) is 5.57 Å². The molecule has 0 aliphatic carbocycles. The van der Waals surface area contributed by atoms with Gasteiger partial charge in [0.2, 0.25) is 0 Å². The molecule has 0 atom stereocenters. The minimum atomic E-state index is -0.498. The van der Waals surface area contributed by atoms with Crippen molar-refractivity contribution in [2.45, 2.75) is 30.6 Å². The number of thiocarbonyl (C=S) groups is 1. The van der Waals surface area contributed by atoms with E-state index in [2.05, 4.69) is 9.88 Å². The summed E-state index contributed by atoms with van der Waals surface area (Å²) in [4.78, 5) is 38.9. The van der Waals surface area contributed by atoms with E-state index in [0.717, 1.165) is 32.4 Å². The third-order valence-corrected chi connectivity index (χ3v) is 6.99. The molecule has 2 aromatic carbocycles. The molecule has 1 N–H and O–H groups in total. The highest BCUT2D eigenvalue weighted by Gasteiger charge is 2.32. The second kappa shape index (κ2) is 9.85. The van der Waals surface area contributed by atoms with Gasteiger partial charge in [-0.1, -0.05) is 11.8 Å². The Morgan fingerprint density at radius 3 is 2.23 bits per heavy atom. The molecule has 1 aliphatic rings. The first-order valence-electron chi connectivity index (χ1n) is 10.8. The van der Waals surface area contributed by atoms with Gasteiger partial charge in [-0.2, -0.15) is 0 Å². The van der Waals surface area contributed by atoms with Crippen molar-refractivity contribution in [3.05, 3.63) is 87.2 Å². The van der Waals surface area contributed by atoms with Gasteiger partial charge in [-0.25, -0.2) is 0 Å². The molecule has 1 saturated heterocycles. The Kier molecular flexibility index (Phi) is 6.86. The fraction of sp³-hybridized carbons (Fsp3) is 0.160. The summed E-state index contributed by atoms with van der Waals surface area (Å²) >= 11 is 6.61. The largest absolute Gasteiger partial charge is 0.318 e. The van der Waals surface area contributed by atoms with E-state index in [-0.39, 0.29) is 16.4 Å². The van der Waals surface area contributed by atoms with E-state index in [1.807, 2.05) is 44.2 Å². The molecule has 0 saturated carbocycles. The van der Waals surface area contributed by atoms with Crippen molar-refractivity contribution in [2.75, 3.05) is 6.54 Å². The minimum Gasteiger partial charge on any atom is -0.318 e. The number of aryl methyl sites for hydroxylation is 1. The van der Waals surface area contributed by atoms with Crippen molar-refractivity contribution < 1.29 is 14.5 Å². The number of nitrogens with zero attached hydrogens (tertiary/aromatic N) is 3. The maximum atomic E-state index is 12.8. The van der Waals surface area contributed by atoms with E-state index in [9.17, 15) is 19.7 Å². The number of rotatable bonds is 6. The van der Waals surface area contributed by atoms with Crippen LogP contribution in [0, 0.1) is 24.0 Å². The average molecular weight is 507 g/mol. The minimum absolute atomic E-state index is 0.0514. The van der Waals surface area contributed by atoms with Crippen LogP contribution in [-0.2, 0) is 9.59 Å². The van der Waals surface area contributed by atoms with E-state index in [4.69, 9.17) is 12.2 Å². The molecule has 35 heavy (non-hydrogen) atoms. The molecule has 8 nitrogen and oxygen atoms in total. The second-order valence-electron chi connectivity index (χ2n) is 7.88. The molecular weight excluding hydrogens is 484 g/mol. The molecule has 4 rings (SSSR count). The van der Waals surface area contributed by atoms with E-state index >= 15 is 0 Å². The van der Waals surface area contributed by atoms with E-state index in [1.54, 1.807) is 25.1 Å². The van der Waals surface area contributed by atoms with Crippen LogP contribution in [0.1, 0.15) is 23.9 Å². The molecule has 2 heterocycles. The number of hydrogen-bond acceptors (Lipinski definition) is 6. The van der Waals surface area contributed by atoms with Crippen molar-refractivity contribution in [3.8, 4) is 5.69 Å². The fourth-order valence-corrected chi connectivity index (χ4v) is 5.02. The quantitative estimate of drug-likeness (QED) is 0.170. The number of carbonyl (C=O) groups is 2. The summed E-state index contributed by atoms with van der Waals surface area (Å²) in [5.74, 6) is -0.902. The number of hydrogen-bond donors (Lipinski definition) is 1.